The Hall–Kier alpha value is -2.31. The van der Waals surface area contributed by atoms with Crippen molar-refractivity contribution in [2.75, 3.05) is 25.5 Å². The van der Waals surface area contributed by atoms with Gasteiger partial charge >= 0.3 is 6.03 Å². The first-order chi connectivity index (χ1) is 17.6. The lowest BCUT2D eigenvalue weighted by molar-refractivity contribution is -0.0958. The molecule has 3 N–H and O–H groups in total. The van der Waals surface area contributed by atoms with Gasteiger partial charge < -0.3 is 25.2 Å². The maximum Gasteiger partial charge on any atom is 0.321 e. The molecule has 4 aliphatic rings. The predicted octanol–water partition coefficient (Wildman–Crippen LogP) is 5.91. The predicted molar refractivity (Wildman–Crippen MR) is 147 cm³/mol. The number of benzene rings is 1. The lowest BCUT2D eigenvalue weighted by Crippen LogP contribution is -2.57. The van der Waals surface area contributed by atoms with Crippen LogP contribution in [0.3, 0.4) is 0 Å². The number of amides is 2. The summed E-state index contributed by atoms with van der Waals surface area (Å²) >= 11 is 0. The van der Waals surface area contributed by atoms with Gasteiger partial charge in [-0.2, -0.15) is 0 Å². The van der Waals surface area contributed by atoms with Crippen molar-refractivity contribution in [2.24, 2.45) is 22.7 Å². The molecule has 0 bridgehead atoms. The van der Waals surface area contributed by atoms with Crippen molar-refractivity contribution < 1.29 is 19.7 Å². The zero-order valence-electron chi connectivity index (χ0n) is 22.9. The van der Waals surface area contributed by atoms with E-state index in [4.69, 9.17) is 4.74 Å². The number of hydrogen-bond donors (Lipinski definition) is 3. The van der Waals surface area contributed by atoms with Gasteiger partial charge in [0.1, 0.15) is 5.75 Å². The standard InChI is InChI=1S/C31H44N2O4/c1-5-18-33(28(35)32-22-7-9-24(37-4)10-8-22)20-31(36)17-14-27-25-11-6-21-19-23(34)12-15-29(21,2)26(25)13-16-30(27,31)3/h6-11,23,26-27,34,36H,5,12-20H2,1-4H3,(H,32,35)/t23-,26-,27-,29-,30-,31+/m0/s1. The summed E-state index contributed by atoms with van der Waals surface area (Å²) in [6.07, 6.45) is 11.6. The highest BCUT2D eigenvalue weighted by Crippen LogP contribution is 2.66. The van der Waals surface area contributed by atoms with Crippen LogP contribution < -0.4 is 10.1 Å². The third-order valence-electron chi connectivity index (χ3n) is 10.4. The Kier molecular flexibility index (Phi) is 6.95. The first kappa shape index (κ1) is 26.3. The van der Waals surface area contributed by atoms with Crippen LogP contribution in [0.25, 0.3) is 0 Å². The number of carbonyl (C=O) groups is 1. The van der Waals surface area contributed by atoms with Gasteiger partial charge in [-0.05, 0) is 92.9 Å². The number of nitrogens with one attached hydrogen (secondary N) is 1. The number of carbonyl (C=O) groups excluding carboxylic acids is 1. The molecule has 3 saturated carbocycles. The molecule has 0 unspecified atom stereocenters. The van der Waals surface area contributed by atoms with Crippen LogP contribution in [0.1, 0.15) is 72.1 Å². The van der Waals surface area contributed by atoms with Gasteiger partial charge in [0.25, 0.3) is 0 Å². The second kappa shape index (κ2) is 9.77. The van der Waals surface area contributed by atoms with E-state index >= 15 is 0 Å². The van der Waals surface area contributed by atoms with E-state index < -0.39 is 5.60 Å². The van der Waals surface area contributed by atoms with E-state index in [-0.39, 0.29) is 23.0 Å². The Morgan fingerprint density at radius 1 is 1.08 bits per heavy atom. The van der Waals surface area contributed by atoms with Gasteiger partial charge in [0.15, 0.2) is 0 Å². The maximum absolute atomic E-state index is 13.3. The van der Waals surface area contributed by atoms with E-state index in [1.165, 1.54) is 11.1 Å². The third kappa shape index (κ3) is 4.40. The molecule has 2 amide bonds. The van der Waals surface area contributed by atoms with E-state index in [0.717, 1.165) is 56.4 Å². The average molecular weight is 509 g/mol. The number of ether oxygens (including phenoxy) is 1. The molecule has 0 aromatic heterocycles. The van der Waals surface area contributed by atoms with Gasteiger partial charge in [0.2, 0.25) is 0 Å². The van der Waals surface area contributed by atoms with Crippen molar-refractivity contribution in [2.45, 2.75) is 83.8 Å². The van der Waals surface area contributed by atoms with E-state index in [1.807, 2.05) is 24.3 Å². The molecule has 0 heterocycles. The van der Waals surface area contributed by atoms with Crippen molar-refractivity contribution >= 4 is 11.7 Å². The largest absolute Gasteiger partial charge is 0.497 e. The molecule has 0 radical (unpaired) electrons. The highest BCUT2D eigenvalue weighted by molar-refractivity contribution is 5.89. The average Bonchev–Trinajstić information content (AvgIpc) is 3.15. The normalized spacial score (nSPS) is 36.4. The Morgan fingerprint density at radius 3 is 2.51 bits per heavy atom. The van der Waals surface area contributed by atoms with Gasteiger partial charge in [-0.25, -0.2) is 4.79 Å². The van der Waals surface area contributed by atoms with E-state index in [2.05, 4.69) is 38.2 Å². The molecule has 6 nitrogen and oxygen atoms in total. The summed E-state index contributed by atoms with van der Waals surface area (Å²) in [6, 6.07) is 7.18. The molecule has 0 spiro atoms. The number of rotatable bonds is 6. The summed E-state index contributed by atoms with van der Waals surface area (Å²) in [4.78, 5) is 15.1. The van der Waals surface area contributed by atoms with Crippen LogP contribution in [-0.4, -0.2) is 53.0 Å². The zero-order valence-corrected chi connectivity index (χ0v) is 22.9. The van der Waals surface area contributed by atoms with Gasteiger partial charge in [0.05, 0.1) is 25.4 Å². The smallest absolute Gasteiger partial charge is 0.321 e. The molecule has 3 fully saturated rings. The van der Waals surface area contributed by atoms with E-state index in [9.17, 15) is 15.0 Å². The van der Waals surface area contributed by atoms with Crippen LogP contribution in [0.15, 0.2) is 47.6 Å². The summed E-state index contributed by atoms with van der Waals surface area (Å²) in [6.45, 7) is 7.68. The molecule has 4 aliphatic carbocycles. The number of aliphatic hydroxyl groups is 2. The highest BCUT2D eigenvalue weighted by Gasteiger charge is 2.62. The van der Waals surface area contributed by atoms with Crippen molar-refractivity contribution in [1.82, 2.24) is 4.90 Å². The Labute approximate surface area is 221 Å². The molecule has 0 aliphatic heterocycles. The molecule has 37 heavy (non-hydrogen) atoms. The van der Waals surface area contributed by atoms with Gasteiger partial charge in [-0.1, -0.05) is 44.1 Å². The van der Waals surface area contributed by atoms with E-state index in [1.54, 1.807) is 12.0 Å². The molecular formula is C31H44N2O4. The monoisotopic (exact) mass is 508 g/mol. The zero-order chi connectivity index (χ0) is 26.4. The minimum absolute atomic E-state index is 0.123. The van der Waals surface area contributed by atoms with Gasteiger partial charge in [-0.15, -0.1) is 0 Å². The maximum atomic E-state index is 13.3. The van der Waals surface area contributed by atoms with Crippen LogP contribution in [0.2, 0.25) is 0 Å². The lowest BCUT2D eigenvalue weighted by Gasteiger charge is -2.56. The molecule has 1 aromatic rings. The topological polar surface area (TPSA) is 82.0 Å². The van der Waals surface area contributed by atoms with Crippen LogP contribution in [0.5, 0.6) is 5.75 Å². The Balaban J connectivity index is 1.36. The minimum atomic E-state index is -0.927. The fourth-order valence-electron chi connectivity index (χ4n) is 8.07. The summed E-state index contributed by atoms with van der Waals surface area (Å²) in [7, 11) is 1.62. The van der Waals surface area contributed by atoms with E-state index in [0.29, 0.717) is 31.3 Å². The second-order valence-corrected chi connectivity index (χ2v) is 12.4. The number of anilines is 1. The van der Waals surface area contributed by atoms with Crippen LogP contribution >= 0.6 is 0 Å². The number of methoxy groups -OCH3 is 1. The number of nitrogens with zero attached hydrogens (tertiary/aromatic N) is 1. The lowest BCUT2D eigenvalue weighted by atomic mass is 9.50. The molecule has 6 heteroatoms. The van der Waals surface area contributed by atoms with Crippen molar-refractivity contribution in [1.29, 1.82) is 0 Å². The SMILES string of the molecule is CCCN(C[C@]1(O)CC[C@H]2C3=CC=C4C[C@@H](O)CC[C@]4(C)[C@H]3CC[C@@]21C)C(=O)Nc1ccc(OC)cc1. The van der Waals surface area contributed by atoms with Crippen LogP contribution in [-0.2, 0) is 0 Å². The first-order valence-corrected chi connectivity index (χ1v) is 14.1. The van der Waals surface area contributed by atoms with Crippen LogP contribution in [0, 0.1) is 22.7 Å². The third-order valence-corrected chi connectivity index (χ3v) is 10.4. The fourth-order valence-corrected chi connectivity index (χ4v) is 8.07. The second-order valence-electron chi connectivity index (χ2n) is 12.4. The molecule has 202 valence electrons. The Morgan fingerprint density at radius 2 is 1.81 bits per heavy atom. The number of fused-ring (bicyclic) bond motifs is 5. The number of allylic oxidation sites excluding steroid dienone is 3. The van der Waals surface area contributed by atoms with Crippen molar-refractivity contribution in [3.8, 4) is 5.75 Å². The van der Waals surface area contributed by atoms with Gasteiger partial charge in [0, 0.05) is 17.6 Å². The fraction of sp³-hybridized carbons (Fsp3) is 0.645. The summed E-state index contributed by atoms with van der Waals surface area (Å²) in [5.41, 5.74) is 2.55. The molecule has 0 saturated heterocycles. The van der Waals surface area contributed by atoms with Gasteiger partial charge in [-0.3, -0.25) is 0 Å². The minimum Gasteiger partial charge on any atom is -0.497 e. The summed E-state index contributed by atoms with van der Waals surface area (Å²) in [5.74, 6) is 1.56. The Bertz CT molecular complexity index is 1080. The number of aliphatic hydroxyl groups excluding tert-OH is 1. The quantitative estimate of drug-likeness (QED) is 0.446. The van der Waals surface area contributed by atoms with Crippen molar-refractivity contribution in [3.05, 3.63) is 47.6 Å². The summed E-state index contributed by atoms with van der Waals surface area (Å²) < 4.78 is 5.23. The highest BCUT2D eigenvalue weighted by atomic mass is 16.5. The molecular weight excluding hydrogens is 464 g/mol. The number of urea groups is 1. The summed E-state index contributed by atoms with van der Waals surface area (Å²) in [5, 5.41) is 25.5. The molecule has 1 aromatic carbocycles. The molecule has 5 rings (SSSR count). The van der Waals surface area contributed by atoms with Crippen LogP contribution in [0.4, 0.5) is 10.5 Å². The first-order valence-electron chi connectivity index (χ1n) is 14.1. The molecule has 6 atom stereocenters. The number of hydrogen-bond acceptors (Lipinski definition) is 4. The van der Waals surface area contributed by atoms with Crippen molar-refractivity contribution in [3.63, 3.8) is 0 Å².